The second kappa shape index (κ2) is 4.57. The van der Waals surface area contributed by atoms with Crippen molar-refractivity contribution in [3.05, 3.63) is 30.1 Å². The molecule has 0 unspecified atom stereocenters. The molecule has 8 heteroatoms. The van der Waals surface area contributed by atoms with Crippen LogP contribution in [0, 0.1) is 5.82 Å². The predicted molar refractivity (Wildman–Crippen MR) is 70.2 cm³/mol. The molecule has 0 saturated carbocycles. The van der Waals surface area contributed by atoms with Crippen molar-refractivity contribution < 1.29 is 17.5 Å². The van der Waals surface area contributed by atoms with Crippen molar-refractivity contribution in [3.63, 3.8) is 0 Å². The van der Waals surface area contributed by atoms with Crippen molar-refractivity contribution in [2.24, 2.45) is 0 Å². The highest BCUT2D eigenvalue weighted by Gasteiger charge is 2.35. The van der Waals surface area contributed by atoms with Crippen LogP contribution in [0.3, 0.4) is 0 Å². The average molecular weight is 297 g/mol. The Bertz CT molecular complexity index is 753. The molecule has 1 aromatic carbocycles. The average Bonchev–Trinajstić information content (AvgIpc) is 2.72. The molecule has 1 fully saturated rings. The van der Waals surface area contributed by atoms with Gasteiger partial charge in [-0.25, -0.2) is 12.8 Å². The van der Waals surface area contributed by atoms with Crippen LogP contribution in [0.1, 0.15) is 0 Å². The fourth-order valence-electron chi connectivity index (χ4n) is 1.96. The van der Waals surface area contributed by atoms with Crippen molar-refractivity contribution in [1.82, 2.24) is 10.2 Å². The molecule has 20 heavy (non-hydrogen) atoms. The molecule has 1 aromatic heterocycles. The van der Waals surface area contributed by atoms with Gasteiger partial charge in [0.2, 0.25) is 0 Å². The molecule has 2 aromatic rings. The van der Waals surface area contributed by atoms with Crippen LogP contribution in [0.4, 0.5) is 10.2 Å². The normalized spacial score (nSPS) is 16.1. The van der Waals surface area contributed by atoms with E-state index in [-0.39, 0.29) is 23.9 Å². The van der Waals surface area contributed by atoms with Gasteiger partial charge < -0.3 is 10.5 Å². The van der Waals surface area contributed by atoms with Crippen molar-refractivity contribution in [2.45, 2.75) is 10.1 Å². The number of nitrogens with one attached hydrogen (secondary N) is 1. The first-order valence-corrected chi connectivity index (χ1v) is 7.45. The number of hydrogen-bond donors (Lipinski definition) is 2. The molecule has 0 aliphatic carbocycles. The van der Waals surface area contributed by atoms with Gasteiger partial charge in [0.15, 0.2) is 9.84 Å². The predicted octanol–water partition coefficient (Wildman–Crippen LogP) is 0.970. The fraction of sp³-hybridized carbons (Fsp3) is 0.250. The Hall–Kier alpha value is -1.93. The summed E-state index contributed by atoms with van der Waals surface area (Å²) in [5.41, 5.74) is 6.48. The number of sulfone groups is 1. The standard InChI is InChI=1S/C12H12FN3O3S/c13-9-3-7(10-4-12(14)16-15-10)1-2-11(9)20(17,18)8-5-19-6-8/h1-4,8H,5-6H2,(H3,14,15,16). The lowest BCUT2D eigenvalue weighted by atomic mass is 10.1. The molecule has 6 nitrogen and oxygen atoms in total. The summed E-state index contributed by atoms with van der Waals surface area (Å²) in [6, 6.07) is 5.47. The van der Waals surface area contributed by atoms with Gasteiger partial charge in [-0.05, 0) is 12.1 Å². The maximum Gasteiger partial charge on any atom is 0.188 e. The number of ether oxygens (including phenoxy) is 1. The smallest absolute Gasteiger partial charge is 0.188 e. The molecule has 3 N–H and O–H groups in total. The lowest BCUT2D eigenvalue weighted by molar-refractivity contribution is 0.0415. The SMILES string of the molecule is Nc1cc(-c2ccc(S(=O)(=O)C3COC3)c(F)c2)[nH]n1. The minimum absolute atomic E-state index is 0.112. The van der Waals surface area contributed by atoms with Gasteiger partial charge in [0.25, 0.3) is 0 Å². The Labute approximate surface area is 114 Å². The number of benzene rings is 1. The van der Waals surface area contributed by atoms with Crippen LogP contribution < -0.4 is 5.73 Å². The quantitative estimate of drug-likeness (QED) is 0.879. The third kappa shape index (κ3) is 2.06. The van der Waals surface area contributed by atoms with Gasteiger partial charge in [-0.2, -0.15) is 5.10 Å². The van der Waals surface area contributed by atoms with E-state index in [0.717, 1.165) is 6.07 Å². The van der Waals surface area contributed by atoms with Crippen LogP contribution in [0.5, 0.6) is 0 Å². The molecule has 1 aliphatic rings. The van der Waals surface area contributed by atoms with Crippen molar-refractivity contribution >= 4 is 15.7 Å². The number of nitrogen functional groups attached to an aromatic ring is 1. The number of nitrogens with two attached hydrogens (primary N) is 1. The van der Waals surface area contributed by atoms with E-state index in [4.69, 9.17) is 10.5 Å². The molecule has 0 radical (unpaired) electrons. The lowest BCUT2D eigenvalue weighted by Crippen LogP contribution is -2.40. The van der Waals surface area contributed by atoms with E-state index in [0.29, 0.717) is 11.3 Å². The highest BCUT2D eigenvalue weighted by Crippen LogP contribution is 2.27. The van der Waals surface area contributed by atoms with E-state index >= 15 is 0 Å². The molecule has 3 rings (SSSR count). The molecular weight excluding hydrogens is 285 g/mol. The van der Waals surface area contributed by atoms with Gasteiger partial charge in [0.1, 0.15) is 21.8 Å². The number of nitrogens with zero attached hydrogens (tertiary/aromatic N) is 1. The first-order chi connectivity index (χ1) is 9.48. The number of aromatic nitrogens is 2. The molecule has 0 spiro atoms. The van der Waals surface area contributed by atoms with Crippen LogP contribution in [-0.2, 0) is 14.6 Å². The summed E-state index contributed by atoms with van der Waals surface area (Å²) >= 11 is 0. The Kier molecular flexibility index (Phi) is 2.98. The van der Waals surface area contributed by atoms with Crippen molar-refractivity contribution in [2.75, 3.05) is 18.9 Å². The minimum atomic E-state index is -3.68. The van der Waals surface area contributed by atoms with Crippen LogP contribution in [0.2, 0.25) is 0 Å². The van der Waals surface area contributed by atoms with E-state index in [2.05, 4.69) is 10.2 Å². The molecular formula is C12H12FN3O3S. The Morgan fingerprint density at radius 2 is 2.10 bits per heavy atom. The van der Waals surface area contributed by atoms with Crippen molar-refractivity contribution in [1.29, 1.82) is 0 Å². The molecule has 106 valence electrons. The monoisotopic (exact) mass is 297 g/mol. The highest BCUT2D eigenvalue weighted by molar-refractivity contribution is 7.92. The molecule has 0 atom stereocenters. The topological polar surface area (TPSA) is 98.1 Å². The van der Waals surface area contributed by atoms with Crippen LogP contribution in [0.15, 0.2) is 29.2 Å². The third-order valence-corrected chi connectivity index (χ3v) is 5.29. The van der Waals surface area contributed by atoms with Gasteiger partial charge >= 0.3 is 0 Å². The molecule has 2 heterocycles. The molecule has 0 bridgehead atoms. The third-order valence-electron chi connectivity index (χ3n) is 3.19. The number of anilines is 1. The summed E-state index contributed by atoms with van der Waals surface area (Å²) in [5, 5.41) is 5.72. The number of hydrogen-bond acceptors (Lipinski definition) is 5. The Morgan fingerprint density at radius 1 is 1.35 bits per heavy atom. The van der Waals surface area contributed by atoms with E-state index in [1.807, 2.05) is 0 Å². The second-order valence-electron chi connectivity index (χ2n) is 4.56. The molecule has 1 saturated heterocycles. The lowest BCUT2D eigenvalue weighted by Gasteiger charge is -2.25. The maximum absolute atomic E-state index is 14.1. The largest absolute Gasteiger partial charge is 0.382 e. The minimum Gasteiger partial charge on any atom is -0.382 e. The van der Waals surface area contributed by atoms with Gasteiger partial charge in [0.05, 0.1) is 18.9 Å². The number of halogens is 1. The Balaban J connectivity index is 1.99. The fourth-order valence-corrected chi connectivity index (χ4v) is 3.46. The van der Waals surface area contributed by atoms with Crippen molar-refractivity contribution in [3.8, 4) is 11.3 Å². The highest BCUT2D eigenvalue weighted by atomic mass is 32.2. The summed E-state index contributed by atoms with van der Waals surface area (Å²) in [6.07, 6.45) is 0. The summed E-state index contributed by atoms with van der Waals surface area (Å²) in [4.78, 5) is -0.304. The number of H-pyrrole nitrogens is 1. The number of rotatable bonds is 3. The van der Waals surface area contributed by atoms with Gasteiger partial charge in [-0.1, -0.05) is 6.07 Å². The summed E-state index contributed by atoms with van der Waals surface area (Å²) in [7, 11) is -3.68. The summed E-state index contributed by atoms with van der Waals surface area (Å²) in [5.74, 6) is -0.508. The van der Waals surface area contributed by atoms with Crippen LogP contribution in [-0.4, -0.2) is 37.1 Å². The van der Waals surface area contributed by atoms with Crippen LogP contribution in [0.25, 0.3) is 11.3 Å². The first kappa shape index (κ1) is 13.1. The first-order valence-electron chi connectivity index (χ1n) is 5.91. The van der Waals surface area contributed by atoms with Crippen LogP contribution >= 0.6 is 0 Å². The summed E-state index contributed by atoms with van der Waals surface area (Å²) in [6.45, 7) is 0.223. The van der Waals surface area contributed by atoms with Gasteiger partial charge in [0, 0.05) is 11.6 Å². The zero-order chi connectivity index (χ0) is 14.3. The number of aromatic amines is 1. The van der Waals surface area contributed by atoms with E-state index in [1.54, 1.807) is 6.07 Å². The Morgan fingerprint density at radius 3 is 2.60 bits per heavy atom. The van der Waals surface area contributed by atoms with Gasteiger partial charge in [-0.3, -0.25) is 5.10 Å². The maximum atomic E-state index is 14.1. The molecule has 0 amide bonds. The van der Waals surface area contributed by atoms with E-state index in [1.165, 1.54) is 12.1 Å². The summed E-state index contributed by atoms with van der Waals surface area (Å²) < 4.78 is 43.2. The van der Waals surface area contributed by atoms with E-state index < -0.39 is 20.9 Å². The zero-order valence-corrected chi connectivity index (χ0v) is 11.2. The second-order valence-corrected chi connectivity index (χ2v) is 6.75. The van der Waals surface area contributed by atoms with E-state index in [9.17, 15) is 12.8 Å². The molecule has 1 aliphatic heterocycles. The zero-order valence-electron chi connectivity index (χ0n) is 10.3. The van der Waals surface area contributed by atoms with Gasteiger partial charge in [-0.15, -0.1) is 0 Å².